The summed E-state index contributed by atoms with van der Waals surface area (Å²) in [4.78, 5) is 0. The lowest BCUT2D eigenvalue weighted by atomic mass is 9.78. The topological polar surface area (TPSA) is 20.2 Å². The van der Waals surface area contributed by atoms with E-state index in [1.54, 1.807) is 0 Å². The highest BCUT2D eigenvalue weighted by molar-refractivity contribution is 6.20. The maximum atomic E-state index is 9.40. The third-order valence-corrected chi connectivity index (χ3v) is 4.21. The molecule has 0 bridgehead atoms. The summed E-state index contributed by atoms with van der Waals surface area (Å²) in [6, 6.07) is 0. The van der Waals surface area contributed by atoms with Gasteiger partial charge in [-0.15, -0.1) is 11.6 Å². The molecule has 0 radical (unpaired) electrons. The summed E-state index contributed by atoms with van der Waals surface area (Å²) in [7, 11) is 0. The van der Waals surface area contributed by atoms with Gasteiger partial charge in [0, 0.05) is 5.38 Å². The number of alkyl halides is 1. The van der Waals surface area contributed by atoms with Crippen LogP contribution in [0.25, 0.3) is 0 Å². The minimum Gasteiger partial charge on any atom is -0.393 e. The molecular weight excluding hydrogens is 184 g/mol. The molecule has 1 nitrogen and oxygen atoms in total. The Morgan fingerprint density at radius 3 is 2.00 bits per heavy atom. The van der Waals surface area contributed by atoms with Crippen LogP contribution in [0.3, 0.4) is 0 Å². The second kappa shape index (κ2) is 4.18. The standard InChI is InChI=1S/C11H19ClO/c12-10-4-1-9(7-10)8-2-5-11(13)6-3-8/h8-11,13H,1-7H2. The van der Waals surface area contributed by atoms with Crippen LogP contribution >= 0.6 is 11.6 Å². The minimum atomic E-state index is -0.00977. The predicted octanol–water partition coefficient (Wildman–Crippen LogP) is 2.95. The maximum absolute atomic E-state index is 9.40. The molecule has 1 N–H and O–H groups in total. The summed E-state index contributed by atoms with van der Waals surface area (Å²) in [5, 5.41) is 9.84. The fourth-order valence-electron chi connectivity index (χ4n) is 2.96. The Morgan fingerprint density at radius 2 is 1.46 bits per heavy atom. The highest BCUT2D eigenvalue weighted by atomic mass is 35.5. The van der Waals surface area contributed by atoms with Crippen LogP contribution in [-0.2, 0) is 0 Å². The minimum absolute atomic E-state index is 0.00977. The van der Waals surface area contributed by atoms with Crippen molar-refractivity contribution in [2.75, 3.05) is 0 Å². The normalized spacial score (nSPS) is 46.6. The van der Waals surface area contributed by atoms with Crippen molar-refractivity contribution in [3.05, 3.63) is 0 Å². The molecule has 2 fully saturated rings. The molecule has 0 aromatic heterocycles. The third-order valence-electron chi connectivity index (χ3n) is 3.82. The van der Waals surface area contributed by atoms with Crippen molar-refractivity contribution in [3.8, 4) is 0 Å². The van der Waals surface area contributed by atoms with E-state index >= 15 is 0 Å². The number of aliphatic hydroxyl groups is 1. The van der Waals surface area contributed by atoms with Crippen LogP contribution in [0.15, 0.2) is 0 Å². The first kappa shape index (κ1) is 9.79. The molecule has 2 rings (SSSR count). The van der Waals surface area contributed by atoms with E-state index in [9.17, 15) is 5.11 Å². The van der Waals surface area contributed by atoms with E-state index in [2.05, 4.69) is 0 Å². The molecule has 76 valence electrons. The van der Waals surface area contributed by atoms with Crippen molar-refractivity contribution >= 4 is 11.6 Å². The van der Waals surface area contributed by atoms with Gasteiger partial charge in [0.2, 0.25) is 0 Å². The Kier molecular flexibility index (Phi) is 3.15. The van der Waals surface area contributed by atoms with Gasteiger partial charge < -0.3 is 5.11 Å². The monoisotopic (exact) mass is 202 g/mol. The van der Waals surface area contributed by atoms with Gasteiger partial charge in [0.05, 0.1) is 6.10 Å². The van der Waals surface area contributed by atoms with Gasteiger partial charge in [0.1, 0.15) is 0 Å². The number of hydrogen-bond donors (Lipinski definition) is 1. The lowest BCUT2D eigenvalue weighted by Gasteiger charge is -2.29. The van der Waals surface area contributed by atoms with Gasteiger partial charge in [-0.3, -0.25) is 0 Å². The third kappa shape index (κ3) is 2.38. The van der Waals surface area contributed by atoms with Crippen LogP contribution < -0.4 is 0 Å². The molecule has 2 aliphatic rings. The van der Waals surface area contributed by atoms with Crippen LogP contribution in [0, 0.1) is 11.8 Å². The average molecular weight is 203 g/mol. The summed E-state index contributed by atoms with van der Waals surface area (Å²) in [6.07, 6.45) is 8.26. The van der Waals surface area contributed by atoms with Gasteiger partial charge in [0.25, 0.3) is 0 Å². The van der Waals surface area contributed by atoms with Crippen LogP contribution in [0.5, 0.6) is 0 Å². The Bertz CT molecular complexity index is 163. The van der Waals surface area contributed by atoms with E-state index in [0.29, 0.717) is 5.38 Å². The molecule has 0 spiro atoms. The van der Waals surface area contributed by atoms with Crippen LogP contribution in [0.1, 0.15) is 44.9 Å². The first-order valence-electron chi connectivity index (χ1n) is 5.58. The van der Waals surface area contributed by atoms with E-state index in [1.165, 1.54) is 32.1 Å². The zero-order chi connectivity index (χ0) is 9.26. The zero-order valence-electron chi connectivity index (χ0n) is 8.08. The van der Waals surface area contributed by atoms with Gasteiger partial charge in [0.15, 0.2) is 0 Å². The highest BCUT2D eigenvalue weighted by Gasteiger charge is 2.31. The Morgan fingerprint density at radius 1 is 0.846 bits per heavy atom. The lowest BCUT2D eigenvalue weighted by molar-refractivity contribution is 0.0918. The zero-order valence-corrected chi connectivity index (χ0v) is 8.84. The number of hydrogen-bond acceptors (Lipinski definition) is 1. The van der Waals surface area contributed by atoms with Crippen LogP contribution in [0.4, 0.5) is 0 Å². The van der Waals surface area contributed by atoms with E-state index in [4.69, 9.17) is 11.6 Å². The Balaban J connectivity index is 1.81. The molecule has 2 atom stereocenters. The van der Waals surface area contributed by atoms with Gasteiger partial charge in [-0.25, -0.2) is 0 Å². The van der Waals surface area contributed by atoms with Crippen LogP contribution in [0.2, 0.25) is 0 Å². The second-order valence-corrected chi connectivity index (χ2v) is 5.36. The van der Waals surface area contributed by atoms with Crippen molar-refractivity contribution in [1.29, 1.82) is 0 Å². The van der Waals surface area contributed by atoms with E-state index in [0.717, 1.165) is 24.7 Å². The SMILES string of the molecule is OC1CCC(C2CCC(Cl)C2)CC1. The smallest absolute Gasteiger partial charge is 0.0540 e. The largest absolute Gasteiger partial charge is 0.393 e. The molecule has 0 heterocycles. The molecule has 0 aromatic carbocycles. The van der Waals surface area contributed by atoms with Crippen molar-refractivity contribution in [1.82, 2.24) is 0 Å². The molecule has 0 saturated heterocycles. The number of halogens is 1. The van der Waals surface area contributed by atoms with Crippen LogP contribution in [-0.4, -0.2) is 16.6 Å². The number of aliphatic hydroxyl groups excluding tert-OH is 1. The fourth-order valence-corrected chi connectivity index (χ4v) is 3.32. The van der Waals surface area contributed by atoms with Gasteiger partial charge in [-0.05, 0) is 56.8 Å². The van der Waals surface area contributed by atoms with Gasteiger partial charge in [-0.2, -0.15) is 0 Å². The molecule has 2 saturated carbocycles. The fraction of sp³-hybridized carbons (Fsp3) is 1.00. The summed E-state index contributed by atoms with van der Waals surface area (Å²) in [6.45, 7) is 0. The van der Waals surface area contributed by atoms with E-state index < -0.39 is 0 Å². The summed E-state index contributed by atoms with van der Waals surface area (Å²) >= 11 is 6.11. The average Bonchev–Trinajstić information content (AvgIpc) is 2.53. The molecule has 2 aliphatic carbocycles. The molecule has 13 heavy (non-hydrogen) atoms. The maximum Gasteiger partial charge on any atom is 0.0540 e. The second-order valence-electron chi connectivity index (χ2n) is 4.74. The molecule has 0 aliphatic heterocycles. The molecule has 0 amide bonds. The number of rotatable bonds is 1. The first-order chi connectivity index (χ1) is 6.25. The van der Waals surface area contributed by atoms with E-state index in [1.807, 2.05) is 0 Å². The summed E-state index contributed by atoms with van der Waals surface area (Å²) < 4.78 is 0. The van der Waals surface area contributed by atoms with E-state index in [-0.39, 0.29) is 6.10 Å². The Hall–Kier alpha value is 0.250. The first-order valence-corrected chi connectivity index (χ1v) is 6.01. The lowest BCUT2D eigenvalue weighted by Crippen LogP contribution is -2.23. The molecule has 2 unspecified atom stereocenters. The summed E-state index contributed by atoms with van der Waals surface area (Å²) in [5.41, 5.74) is 0. The predicted molar refractivity (Wildman–Crippen MR) is 54.9 cm³/mol. The Labute approximate surface area is 85.5 Å². The molecule has 2 heteroatoms. The van der Waals surface area contributed by atoms with Crippen molar-refractivity contribution in [2.45, 2.75) is 56.4 Å². The van der Waals surface area contributed by atoms with Crippen molar-refractivity contribution in [2.24, 2.45) is 11.8 Å². The summed E-state index contributed by atoms with van der Waals surface area (Å²) in [5.74, 6) is 1.74. The van der Waals surface area contributed by atoms with Crippen molar-refractivity contribution in [3.63, 3.8) is 0 Å². The molecular formula is C11H19ClO. The highest BCUT2D eigenvalue weighted by Crippen LogP contribution is 2.40. The van der Waals surface area contributed by atoms with Gasteiger partial charge >= 0.3 is 0 Å². The quantitative estimate of drug-likeness (QED) is 0.649. The van der Waals surface area contributed by atoms with Crippen molar-refractivity contribution < 1.29 is 5.11 Å². The molecule has 0 aromatic rings. The van der Waals surface area contributed by atoms with Gasteiger partial charge in [-0.1, -0.05) is 0 Å².